The van der Waals surface area contributed by atoms with Crippen LogP contribution in [-0.2, 0) is 14.8 Å². The molecule has 4 rings (SSSR count). The average molecular weight is 487 g/mol. The lowest BCUT2D eigenvalue weighted by atomic mass is 10.1. The van der Waals surface area contributed by atoms with Crippen LogP contribution in [-0.4, -0.2) is 65.4 Å². The van der Waals surface area contributed by atoms with E-state index >= 15 is 0 Å². The van der Waals surface area contributed by atoms with Gasteiger partial charge in [0.2, 0.25) is 15.9 Å². The minimum Gasteiger partial charge on any atom is -0.339 e. The van der Waals surface area contributed by atoms with Crippen LogP contribution in [0.1, 0.15) is 5.69 Å². The van der Waals surface area contributed by atoms with Gasteiger partial charge in [0, 0.05) is 37.4 Å². The number of hydrogen-bond donors (Lipinski definition) is 0. The molecule has 172 valence electrons. The number of aromatic nitrogens is 2. The first kappa shape index (κ1) is 23.3. The number of carbonyl (C=O) groups is 1. The van der Waals surface area contributed by atoms with Crippen LogP contribution < -0.4 is 0 Å². The Hall–Kier alpha value is -2.82. The molecule has 3 aromatic rings. The van der Waals surface area contributed by atoms with Crippen molar-refractivity contribution >= 4 is 27.7 Å². The summed E-state index contributed by atoms with van der Waals surface area (Å²) in [7, 11) is -3.79. The van der Waals surface area contributed by atoms with E-state index in [4.69, 9.17) is 0 Å². The Kier molecular flexibility index (Phi) is 7.06. The molecule has 1 aliphatic heterocycles. The Morgan fingerprint density at radius 3 is 2.42 bits per heavy atom. The Balaban J connectivity index is 1.35. The van der Waals surface area contributed by atoms with Gasteiger partial charge in [0.05, 0.1) is 16.3 Å². The Labute approximate surface area is 196 Å². The second-order valence-electron chi connectivity index (χ2n) is 7.57. The second kappa shape index (κ2) is 9.98. The smallest absolute Gasteiger partial charge is 0.243 e. The Bertz CT molecular complexity index is 1250. The maximum absolute atomic E-state index is 13.5. The minimum absolute atomic E-state index is 0.0800. The summed E-state index contributed by atoms with van der Waals surface area (Å²) in [4.78, 5) is 23.3. The normalized spacial score (nSPS) is 14.9. The number of rotatable bonds is 6. The topological polar surface area (TPSA) is 83.5 Å². The highest BCUT2D eigenvalue weighted by atomic mass is 32.2. The number of carbonyl (C=O) groups excluding carboxylic acids is 1. The van der Waals surface area contributed by atoms with Crippen LogP contribution in [0.3, 0.4) is 0 Å². The first-order valence-corrected chi connectivity index (χ1v) is 12.8. The first-order valence-electron chi connectivity index (χ1n) is 10.4. The van der Waals surface area contributed by atoms with Crippen molar-refractivity contribution in [2.45, 2.75) is 17.0 Å². The third-order valence-corrected chi connectivity index (χ3v) is 7.98. The van der Waals surface area contributed by atoms with Crippen LogP contribution in [0.25, 0.3) is 11.3 Å². The van der Waals surface area contributed by atoms with Gasteiger partial charge in [0.25, 0.3) is 0 Å². The lowest BCUT2D eigenvalue weighted by Crippen LogP contribution is -2.51. The van der Waals surface area contributed by atoms with E-state index in [1.165, 1.54) is 34.3 Å². The quantitative estimate of drug-likeness (QED) is 0.393. The molecule has 0 saturated carbocycles. The summed E-state index contributed by atoms with van der Waals surface area (Å²) in [6, 6.07) is 16.6. The van der Waals surface area contributed by atoms with E-state index in [1.807, 2.05) is 43.3 Å². The number of nitrogens with zero attached hydrogens (tertiary/aromatic N) is 4. The van der Waals surface area contributed by atoms with Gasteiger partial charge >= 0.3 is 0 Å². The van der Waals surface area contributed by atoms with Crippen molar-refractivity contribution in [1.29, 1.82) is 0 Å². The molecule has 33 heavy (non-hydrogen) atoms. The van der Waals surface area contributed by atoms with Crippen LogP contribution in [0.4, 0.5) is 4.39 Å². The second-order valence-corrected chi connectivity index (χ2v) is 10.5. The van der Waals surface area contributed by atoms with Gasteiger partial charge in [-0.05, 0) is 31.2 Å². The predicted molar refractivity (Wildman–Crippen MR) is 125 cm³/mol. The molecule has 2 aromatic carbocycles. The Morgan fingerprint density at radius 2 is 1.73 bits per heavy atom. The number of sulfonamides is 1. The number of aryl methyl sites for hydroxylation is 1. The number of halogens is 1. The van der Waals surface area contributed by atoms with E-state index in [-0.39, 0.29) is 42.7 Å². The molecule has 1 fully saturated rings. The number of benzene rings is 2. The molecule has 0 spiro atoms. The highest BCUT2D eigenvalue weighted by molar-refractivity contribution is 7.99. The van der Waals surface area contributed by atoms with Gasteiger partial charge in [-0.25, -0.2) is 22.8 Å². The van der Waals surface area contributed by atoms with Gasteiger partial charge < -0.3 is 4.90 Å². The van der Waals surface area contributed by atoms with E-state index in [2.05, 4.69) is 9.97 Å². The third-order valence-electron chi connectivity index (χ3n) is 5.25. The molecule has 0 unspecified atom stereocenters. The summed E-state index contributed by atoms with van der Waals surface area (Å²) in [6.45, 7) is 2.76. The lowest BCUT2D eigenvalue weighted by molar-refractivity contribution is -0.129. The molecule has 0 bridgehead atoms. The fraction of sp³-hybridized carbons (Fsp3) is 0.261. The maximum atomic E-state index is 13.5. The van der Waals surface area contributed by atoms with Crippen molar-refractivity contribution in [2.75, 3.05) is 31.9 Å². The van der Waals surface area contributed by atoms with E-state index in [1.54, 1.807) is 4.90 Å². The van der Waals surface area contributed by atoms with Crippen LogP contribution in [0.15, 0.2) is 70.7 Å². The molecule has 10 heteroatoms. The van der Waals surface area contributed by atoms with Gasteiger partial charge in [0.15, 0.2) is 5.16 Å². The average Bonchev–Trinajstić information content (AvgIpc) is 2.83. The molecule has 1 amide bonds. The van der Waals surface area contributed by atoms with Gasteiger partial charge in [-0.15, -0.1) is 0 Å². The fourth-order valence-corrected chi connectivity index (χ4v) is 5.80. The van der Waals surface area contributed by atoms with Crippen LogP contribution in [0.2, 0.25) is 0 Å². The highest BCUT2D eigenvalue weighted by Gasteiger charge is 2.30. The summed E-state index contributed by atoms with van der Waals surface area (Å²) in [5.74, 6) is -0.543. The molecule has 1 saturated heterocycles. The van der Waals surface area contributed by atoms with Gasteiger partial charge in [-0.2, -0.15) is 4.31 Å². The molecular formula is C23H23FN4O3S2. The number of amides is 1. The fourth-order valence-electron chi connectivity index (χ4n) is 3.53. The van der Waals surface area contributed by atoms with Crippen molar-refractivity contribution in [2.24, 2.45) is 0 Å². The molecule has 0 aliphatic carbocycles. The van der Waals surface area contributed by atoms with Crippen molar-refractivity contribution in [3.63, 3.8) is 0 Å². The zero-order valence-corrected chi connectivity index (χ0v) is 19.7. The van der Waals surface area contributed by atoms with Crippen molar-refractivity contribution < 1.29 is 17.6 Å². The van der Waals surface area contributed by atoms with E-state index in [9.17, 15) is 17.6 Å². The van der Waals surface area contributed by atoms with Crippen LogP contribution in [0, 0.1) is 12.7 Å². The van der Waals surface area contributed by atoms with Crippen molar-refractivity contribution in [3.8, 4) is 11.3 Å². The van der Waals surface area contributed by atoms with E-state index in [0.717, 1.165) is 23.0 Å². The zero-order chi connectivity index (χ0) is 23.4. The SMILES string of the molecule is Cc1cc(-c2ccccc2)nc(SCC(=O)N2CCN(S(=O)(=O)c3cccc(F)c3)CC2)n1. The summed E-state index contributed by atoms with van der Waals surface area (Å²) in [5.41, 5.74) is 2.59. The lowest BCUT2D eigenvalue weighted by Gasteiger charge is -2.34. The van der Waals surface area contributed by atoms with Gasteiger partial charge in [0.1, 0.15) is 5.82 Å². The van der Waals surface area contributed by atoms with E-state index in [0.29, 0.717) is 5.16 Å². The number of hydrogen-bond acceptors (Lipinski definition) is 6. The largest absolute Gasteiger partial charge is 0.339 e. The zero-order valence-electron chi connectivity index (χ0n) is 18.0. The molecule has 0 atom stereocenters. The minimum atomic E-state index is -3.79. The molecular weight excluding hydrogens is 463 g/mol. The monoisotopic (exact) mass is 486 g/mol. The number of thioether (sulfide) groups is 1. The van der Waals surface area contributed by atoms with Gasteiger partial charge in [-0.3, -0.25) is 4.79 Å². The van der Waals surface area contributed by atoms with Crippen LogP contribution >= 0.6 is 11.8 Å². The van der Waals surface area contributed by atoms with Crippen molar-refractivity contribution in [1.82, 2.24) is 19.2 Å². The molecule has 1 aromatic heterocycles. The molecule has 1 aliphatic rings. The summed E-state index contributed by atoms with van der Waals surface area (Å²) < 4.78 is 40.2. The molecule has 7 nitrogen and oxygen atoms in total. The third kappa shape index (κ3) is 5.58. The maximum Gasteiger partial charge on any atom is 0.243 e. The summed E-state index contributed by atoms with van der Waals surface area (Å²) in [5, 5.41) is 0.523. The molecule has 0 N–H and O–H groups in total. The van der Waals surface area contributed by atoms with E-state index < -0.39 is 15.8 Å². The number of piperazine rings is 1. The van der Waals surface area contributed by atoms with Gasteiger partial charge in [-0.1, -0.05) is 48.2 Å². The van der Waals surface area contributed by atoms with Crippen molar-refractivity contribution in [3.05, 3.63) is 72.2 Å². The molecule has 0 radical (unpaired) electrons. The summed E-state index contributed by atoms with van der Waals surface area (Å²) in [6.07, 6.45) is 0. The molecule has 2 heterocycles. The predicted octanol–water partition coefficient (Wildman–Crippen LogP) is 3.22. The Morgan fingerprint density at radius 1 is 1.00 bits per heavy atom. The standard InChI is InChI=1S/C23H23FN4O3S2/c1-17-14-21(18-6-3-2-4-7-18)26-23(25-17)32-16-22(29)27-10-12-28(13-11-27)33(30,31)20-9-5-8-19(24)15-20/h2-9,14-15H,10-13,16H2,1H3. The summed E-state index contributed by atoms with van der Waals surface area (Å²) >= 11 is 1.26. The first-order chi connectivity index (χ1) is 15.8. The highest BCUT2D eigenvalue weighted by Crippen LogP contribution is 2.23. The van der Waals surface area contributed by atoms with Crippen LogP contribution in [0.5, 0.6) is 0 Å².